The molecule has 0 radical (unpaired) electrons. The van der Waals surface area contributed by atoms with Gasteiger partial charge in [0.2, 0.25) is 0 Å². The van der Waals surface area contributed by atoms with E-state index in [1.54, 1.807) is 17.1 Å². The Balaban J connectivity index is 2.01. The maximum Gasteiger partial charge on any atom is 0.257 e. The minimum atomic E-state index is 0.134. The number of carbonyl (C=O) groups is 1. The molecule has 0 N–H and O–H groups in total. The van der Waals surface area contributed by atoms with Crippen molar-refractivity contribution < 1.29 is 4.79 Å². The van der Waals surface area contributed by atoms with Crippen LogP contribution in [0.2, 0.25) is 0 Å². The van der Waals surface area contributed by atoms with E-state index in [1.165, 1.54) is 19.3 Å². The second kappa shape index (κ2) is 5.14. The van der Waals surface area contributed by atoms with E-state index in [0.29, 0.717) is 5.56 Å². The summed E-state index contributed by atoms with van der Waals surface area (Å²) in [6.45, 7) is 1.79. The molecule has 1 aromatic heterocycles. The van der Waals surface area contributed by atoms with Crippen LogP contribution in [-0.4, -0.2) is 33.7 Å². The first-order chi connectivity index (χ1) is 7.77. The smallest absolute Gasteiger partial charge is 0.257 e. The first kappa shape index (κ1) is 11.2. The summed E-state index contributed by atoms with van der Waals surface area (Å²) in [5, 5.41) is 4.04. The zero-order valence-corrected chi connectivity index (χ0v) is 9.85. The van der Waals surface area contributed by atoms with Crippen LogP contribution < -0.4 is 0 Å². The fraction of sp³-hybridized carbons (Fsp3) is 0.667. The van der Waals surface area contributed by atoms with E-state index >= 15 is 0 Å². The second-order valence-corrected chi connectivity index (χ2v) is 4.46. The number of aromatic nitrogens is 2. The largest absolute Gasteiger partial charge is 0.339 e. The quantitative estimate of drug-likeness (QED) is 0.725. The summed E-state index contributed by atoms with van der Waals surface area (Å²) in [5.41, 5.74) is 0.711. The van der Waals surface area contributed by atoms with E-state index in [0.717, 1.165) is 25.9 Å². The number of rotatable bonds is 1. The lowest BCUT2D eigenvalue weighted by atomic mass is 10.1. The van der Waals surface area contributed by atoms with Crippen molar-refractivity contribution in [2.75, 3.05) is 13.1 Å². The van der Waals surface area contributed by atoms with E-state index in [1.807, 2.05) is 11.9 Å². The van der Waals surface area contributed by atoms with Gasteiger partial charge in [-0.15, -0.1) is 0 Å². The first-order valence-corrected chi connectivity index (χ1v) is 6.05. The van der Waals surface area contributed by atoms with Gasteiger partial charge in [0, 0.05) is 26.3 Å². The molecule has 0 aromatic carbocycles. The van der Waals surface area contributed by atoms with Crippen molar-refractivity contribution >= 4 is 5.91 Å². The average molecular weight is 221 g/mol. The molecule has 0 bridgehead atoms. The van der Waals surface area contributed by atoms with Crippen molar-refractivity contribution in [2.24, 2.45) is 7.05 Å². The molecule has 0 saturated carbocycles. The number of aryl methyl sites for hydroxylation is 1. The third kappa shape index (κ3) is 2.62. The van der Waals surface area contributed by atoms with Gasteiger partial charge in [-0.1, -0.05) is 19.3 Å². The molecular weight excluding hydrogens is 202 g/mol. The molecule has 16 heavy (non-hydrogen) atoms. The summed E-state index contributed by atoms with van der Waals surface area (Å²) in [7, 11) is 1.84. The van der Waals surface area contributed by atoms with Crippen LogP contribution in [0.3, 0.4) is 0 Å². The van der Waals surface area contributed by atoms with Gasteiger partial charge in [0.1, 0.15) is 0 Å². The minimum Gasteiger partial charge on any atom is -0.339 e. The molecule has 0 atom stereocenters. The number of likely N-dealkylation sites (tertiary alicyclic amines) is 1. The number of carbonyl (C=O) groups excluding carboxylic acids is 1. The number of hydrogen-bond acceptors (Lipinski definition) is 2. The van der Waals surface area contributed by atoms with Gasteiger partial charge in [0.25, 0.3) is 5.91 Å². The van der Waals surface area contributed by atoms with Crippen LogP contribution in [0.5, 0.6) is 0 Å². The molecular formula is C12H19N3O. The van der Waals surface area contributed by atoms with Gasteiger partial charge >= 0.3 is 0 Å². The van der Waals surface area contributed by atoms with Gasteiger partial charge in [-0.25, -0.2) is 0 Å². The van der Waals surface area contributed by atoms with Crippen LogP contribution in [0.25, 0.3) is 0 Å². The zero-order chi connectivity index (χ0) is 11.4. The van der Waals surface area contributed by atoms with Crippen molar-refractivity contribution in [3.05, 3.63) is 18.0 Å². The molecule has 1 aliphatic rings. The van der Waals surface area contributed by atoms with E-state index < -0.39 is 0 Å². The molecule has 1 amide bonds. The van der Waals surface area contributed by atoms with E-state index in [-0.39, 0.29) is 5.91 Å². The fourth-order valence-electron chi connectivity index (χ4n) is 2.16. The Labute approximate surface area is 96.2 Å². The lowest BCUT2D eigenvalue weighted by Gasteiger charge is -2.24. The summed E-state index contributed by atoms with van der Waals surface area (Å²) >= 11 is 0. The Morgan fingerprint density at radius 2 is 1.81 bits per heavy atom. The van der Waals surface area contributed by atoms with Gasteiger partial charge in [-0.3, -0.25) is 9.48 Å². The molecule has 4 heteroatoms. The highest BCUT2D eigenvalue weighted by Crippen LogP contribution is 2.13. The van der Waals surface area contributed by atoms with Crippen molar-refractivity contribution in [1.82, 2.24) is 14.7 Å². The van der Waals surface area contributed by atoms with Crippen molar-refractivity contribution in [3.63, 3.8) is 0 Å². The zero-order valence-electron chi connectivity index (χ0n) is 9.85. The lowest BCUT2D eigenvalue weighted by Crippen LogP contribution is -2.33. The molecule has 2 rings (SSSR count). The SMILES string of the molecule is Cn1cc(C(=O)N2CCCCCCC2)cn1. The van der Waals surface area contributed by atoms with E-state index in [4.69, 9.17) is 0 Å². The highest BCUT2D eigenvalue weighted by Gasteiger charge is 2.17. The van der Waals surface area contributed by atoms with Crippen LogP contribution in [0.15, 0.2) is 12.4 Å². The van der Waals surface area contributed by atoms with Crippen LogP contribution >= 0.6 is 0 Å². The number of nitrogens with zero attached hydrogens (tertiary/aromatic N) is 3. The lowest BCUT2D eigenvalue weighted by molar-refractivity contribution is 0.0742. The Hall–Kier alpha value is -1.32. The van der Waals surface area contributed by atoms with Gasteiger partial charge in [0.15, 0.2) is 0 Å². The van der Waals surface area contributed by atoms with Gasteiger partial charge < -0.3 is 4.90 Å². The molecule has 0 spiro atoms. The first-order valence-electron chi connectivity index (χ1n) is 6.05. The van der Waals surface area contributed by atoms with Crippen molar-refractivity contribution in [3.8, 4) is 0 Å². The highest BCUT2D eigenvalue weighted by molar-refractivity contribution is 5.93. The summed E-state index contributed by atoms with van der Waals surface area (Å²) in [6, 6.07) is 0. The van der Waals surface area contributed by atoms with E-state index in [2.05, 4.69) is 5.10 Å². The highest BCUT2D eigenvalue weighted by atomic mass is 16.2. The Morgan fingerprint density at radius 1 is 1.19 bits per heavy atom. The summed E-state index contributed by atoms with van der Waals surface area (Å²) in [6.07, 6.45) is 9.52. The average Bonchev–Trinajstić information content (AvgIpc) is 2.63. The van der Waals surface area contributed by atoms with Gasteiger partial charge in [-0.2, -0.15) is 5.10 Å². The Kier molecular flexibility index (Phi) is 3.59. The molecule has 1 aromatic rings. The maximum absolute atomic E-state index is 12.2. The predicted molar refractivity (Wildman–Crippen MR) is 62.2 cm³/mol. The van der Waals surface area contributed by atoms with Crippen LogP contribution in [0, 0.1) is 0 Å². The molecule has 1 aliphatic heterocycles. The topological polar surface area (TPSA) is 38.1 Å². The summed E-state index contributed by atoms with van der Waals surface area (Å²) in [5.74, 6) is 0.134. The van der Waals surface area contributed by atoms with Crippen LogP contribution in [-0.2, 0) is 7.05 Å². The summed E-state index contributed by atoms with van der Waals surface area (Å²) < 4.78 is 1.68. The second-order valence-electron chi connectivity index (χ2n) is 4.46. The molecule has 2 heterocycles. The predicted octanol–water partition coefficient (Wildman–Crippen LogP) is 1.83. The Bertz CT molecular complexity index is 351. The van der Waals surface area contributed by atoms with Gasteiger partial charge in [0.05, 0.1) is 11.8 Å². The third-order valence-electron chi connectivity index (χ3n) is 3.10. The standard InChI is InChI=1S/C12H19N3O/c1-14-10-11(9-13-14)12(16)15-7-5-3-2-4-6-8-15/h9-10H,2-8H2,1H3. The number of hydrogen-bond donors (Lipinski definition) is 0. The van der Waals surface area contributed by atoms with Crippen LogP contribution in [0.4, 0.5) is 0 Å². The normalized spacial score (nSPS) is 17.9. The van der Waals surface area contributed by atoms with Gasteiger partial charge in [-0.05, 0) is 12.8 Å². The summed E-state index contributed by atoms with van der Waals surface area (Å²) in [4.78, 5) is 14.1. The maximum atomic E-state index is 12.2. The van der Waals surface area contributed by atoms with Crippen molar-refractivity contribution in [2.45, 2.75) is 32.1 Å². The molecule has 0 aliphatic carbocycles. The minimum absolute atomic E-state index is 0.134. The van der Waals surface area contributed by atoms with Crippen molar-refractivity contribution in [1.29, 1.82) is 0 Å². The van der Waals surface area contributed by atoms with E-state index in [9.17, 15) is 4.79 Å². The molecule has 1 fully saturated rings. The Morgan fingerprint density at radius 3 is 2.38 bits per heavy atom. The monoisotopic (exact) mass is 221 g/mol. The molecule has 0 unspecified atom stereocenters. The number of amides is 1. The molecule has 88 valence electrons. The van der Waals surface area contributed by atoms with Crippen LogP contribution in [0.1, 0.15) is 42.5 Å². The molecule has 1 saturated heterocycles. The fourth-order valence-corrected chi connectivity index (χ4v) is 2.16. The molecule has 4 nitrogen and oxygen atoms in total. The third-order valence-corrected chi connectivity index (χ3v) is 3.10.